The highest BCUT2D eigenvalue weighted by Crippen LogP contribution is 2.41. The maximum atomic E-state index is 12.8. The van der Waals surface area contributed by atoms with Crippen molar-refractivity contribution < 1.29 is 19.4 Å². The third kappa shape index (κ3) is 3.18. The van der Waals surface area contributed by atoms with E-state index < -0.39 is 17.6 Å². The molecule has 0 heterocycles. The maximum Gasteiger partial charge on any atom is 0.251 e. The number of ether oxygens (including phenoxy) is 1. The van der Waals surface area contributed by atoms with Gasteiger partial charge in [0, 0.05) is 11.1 Å². The summed E-state index contributed by atoms with van der Waals surface area (Å²) in [5.41, 5.74) is 0.545. The number of aliphatic hydroxyl groups excluding tert-OH is 1. The maximum absolute atomic E-state index is 12.8. The van der Waals surface area contributed by atoms with Gasteiger partial charge in [-0.15, -0.1) is 0 Å². The molecule has 2 aromatic carbocycles. The Morgan fingerprint density at radius 1 is 1.22 bits per heavy atom. The first-order valence-electron chi connectivity index (χ1n) is 8.51. The second kappa shape index (κ2) is 6.86. The zero-order chi connectivity index (χ0) is 19.8. The van der Waals surface area contributed by atoms with E-state index in [0.29, 0.717) is 28.0 Å². The lowest BCUT2D eigenvalue weighted by atomic mass is 9.68. The summed E-state index contributed by atoms with van der Waals surface area (Å²) in [5, 5.41) is 22.8. The van der Waals surface area contributed by atoms with Gasteiger partial charge in [0.2, 0.25) is 0 Å². The smallest absolute Gasteiger partial charge is 0.251 e. The van der Waals surface area contributed by atoms with Crippen molar-refractivity contribution in [1.82, 2.24) is 5.32 Å². The van der Waals surface area contributed by atoms with Gasteiger partial charge in [0.15, 0.2) is 5.78 Å². The molecule has 1 aliphatic carbocycles. The number of hydrogen-bond donors (Lipinski definition) is 2. The number of Topliss-reactive ketones (excluding diaryl/α,β-unsaturated/α-hetero) is 1. The molecule has 0 spiro atoms. The summed E-state index contributed by atoms with van der Waals surface area (Å²) in [7, 11) is 1.54. The fourth-order valence-electron chi connectivity index (χ4n) is 3.29. The molecule has 6 nitrogen and oxygen atoms in total. The van der Waals surface area contributed by atoms with Crippen molar-refractivity contribution in [3.63, 3.8) is 0 Å². The molecule has 3 rings (SSSR count). The summed E-state index contributed by atoms with van der Waals surface area (Å²) in [6, 6.07) is 12.5. The number of rotatable bonds is 3. The van der Waals surface area contributed by atoms with Crippen molar-refractivity contribution in [2.75, 3.05) is 7.11 Å². The largest absolute Gasteiger partial charge is 0.497 e. The lowest BCUT2D eigenvalue weighted by molar-refractivity contribution is 0.0129. The number of aliphatic hydroxyl groups is 1. The van der Waals surface area contributed by atoms with Crippen molar-refractivity contribution >= 4 is 11.7 Å². The van der Waals surface area contributed by atoms with Gasteiger partial charge in [-0.1, -0.05) is 0 Å². The molecule has 1 amide bonds. The lowest BCUT2D eigenvalue weighted by Gasteiger charge is -2.40. The molecule has 0 bridgehead atoms. The van der Waals surface area contributed by atoms with Gasteiger partial charge in [-0.2, -0.15) is 5.26 Å². The minimum Gasteiger partial charge on any atom is -0.497 e. The van der Waals surface area contributed by atoms with E-state index in [1.165, 1.54) is 7.11 Å². The van der Waals surface area contributed by atoms with E-state index in [1.54, 1.807) is 56.3 Å². The number of benzene rings is 2. The fraction of sp³-hybridized carbons (Fsp3) is 0.286. The Balaban J connectivity index is 2.00. The van der Waals surface area contributed by atoms with Crippen LogP contribution in [0.3, 0.4) is 0 Å². The highest BCUT2D eigenvalue weighted by atomic mass is 16.5. The van der Waals surface area contributed by atoms with Crippen LogP contribution in [0.4, 0.5) is 0 Å². The summed E-state index contributed by atoms with van der Waals surface area (Å²) >= 11 is 0. The van der Waals surface area contributed by atoms with E-state index in [9.17, 15) is 20.0 Å². The molecule has 0 radical (unpaired) electrons. The number of hydrogen-bond acceptors (Lipinski definition) is 5. The molecule has 138 valence electrons. The molecule has 1 aliphatic rings. The third-order valence-corrected chi connectivity index (χ3v) is 5.04. The van der Waals surface area contributed by atoms with Crippen LogP contribution in [0.1, 0.15) is 51.7 Å². The Kier molecular flexibility index (Phi) is 4.73. The van der Waals surface area contributed by atoms with Crippen LogP contribution in [0.2, 0.25) is 0 Å². The van der Waals surface area contributed by atoms with Gasteiger partial charge in [-0.25, -0.2) is 0 Å². The van der Waals surface area contributed by atoms with Crippen LogP contribution in [0.15, 0.2) is 42.5 Å². The molecule has 0 saturated heterocycles. The predicted octanol–water partition coefficient (Wildman–Crippen LogP) is 2.62. The van der Waals surface area contributed by atoms with Crippen LogP contribution in [0.5, 0.6) is 5.75 Å². The molecule has 2 N–H and O–H groups in total. The van der Waals surface area contributed by atoms with Crippen molar-refractivity contribution in [1.29, 1.82) is 5.26 Å². The highest BCUT2D eigenvalue weighted by Gasteiger charge is 2.47. The number of carbonyl (C=O) groups excluding carboxylic acids is 2. The fourth-order valence-corrected chi connectivity index (χ4v) is 3.29. The monoisotopic (exact) mass is 364 g/mol. The van der Waals surface area contributed by atoms with Crippen molar-refractivity contribution in [2.24, 2.45) is 5.41 Å². The lowest BCUT2D eigenvalue weighted by Crippen LogP contribution is -2.51. The number of carbonyl (C=O) groups is 2. The highest BCUT2D eigenvalue weighted by molar-refractivity contribution is 6.04. The summed E-state index contributed by atoms with van der Waals surface area (Å²) in [6.45, 7) is 3.29. The predicted molar refractivity (Wildman–Crippen MR) is 98.5 cm³/mol. The second-order valence-corrected chi connectivity index (χ2v) is 7.09. The van der Waals surface area contributed by atoms with Gasteiger partial charge in [-0.05, 0) is 61.9 Å². The molecule has 2 atom stereocenters. The summed E-state index contributed by atoms with van der Waals surface area (Å²) in [5.74, 6) is 0.0181. The van der Waals surface area contributed by atoms with Crippen LogP contribution in [0.25, 0.3) is 0 Å². The van der Waals surface area contributed by atoms with Crippen LogP contribution in [-0.4, -0.2) is 30.0 Å². The molecule has 2 aromatic rings. The van der Waals surface area contributed by atoms with E-state index in [4.69, 9.17) is 4.74 Å². The van der Waals surface area contributed by atoms with Gasteiger partial charge in [0.1, 0.15) is 5.75 Å². The third-order valence-electron chi connectivity index (χ3n) is 5.04. The van der Waals surface area contributed by atoms with Crippen molar-refractivity contribution in [3.8, 4) is 11.8 Å². The quantitative estimate of drug-likeness (QED) is 0.872. The normalized spacial score (nSPS) is 20.3. The molecule has 27 heavy (non-hydrogen) atoms. The Morgan fingerprint density at radius 3 is 2.48 bits per heavy atom. The van der Waals surface area contributed by atoms with E-state index in [0.717, 1.165) is 0 Å². The first-order valence-corrected chi connectivity index (χ1v) is 8.51. The zero-order valence-electron chi connectivity index (χ0n) is 15.3. The summed E-state index contributed by atoms with van der Waals surface area (Å²) in [6.07, 6.45) is -1.13. The number of methoxy groups -OCH3 is 1. The second-order valence-electron chi connectivity index (χ2n) is 7.09. The van der Waals surface area contributed by atoms with Gasteiger partial charge >= 0.3 is 0 Å². The summed E-state index contributed by atoms with van der Waals surface area (Å²) in [4.78, 5) is 25.5. The van der Waals surface area contributed by atoms with Crippen LogP contribution >= 0.6 is 0 Å². The van der Waals surface area contributed by atoms with E-state index in [-0.39, 0.29) is 11.7 Å². The molecule has 0 fully saturated rings. The molecule has 0 saturated carbocycles. The number of fused-ring (bicyclic) bond motifs is 1. The first kappa shape index (κ1) is 18.6. The van der Waals surface area contributed by atoms with E-state index in [2.05, 4.69) is 5.32 Å². The van der Waals surface area contributed by atoms with Crippen LogP contribution in [-0.2, 0) is 0 Å². The number of nitrogens with zero attached hydrogens (tertiary/aromatic N) is 1. The van der Waals surface area contributed by atoms with Crippen LogP contribution in [0, 0.1) is 16.7 Å². The number of amides is 1. The average Bonchev–Trinajstić information content (AvgIpc) is 2.69. The van der Waals surface area contributed by atoms with Gasteiger partial charge in [0.25, 0.3) is 5.91 Å². The van der Waals surface area contributed by atoms with E-state index in [1.807, 2.05) is 6.07 Å². The Hall–Kier alpha value is -3.17. The minimum atomic E-state index is -1.13. The molecular weight excluding hydrogens is 344 g/mol. The average molecular weight is 364 g/mol. The molecule has 0 aromatic heterocycles. The van der Waals surface area contributed by atoms with Gasteiger partial charge < -0.3 is 15.2 Å². The van der Waals surface area contributed by atoms with Crippen LogP contribution < -0.4 is 10.1 Å². The van der Waals surface area contributed by atoms with Crippen molar-refractivity contribution in [2.45, 2.75) is 26.0 Å². The Labute approximate surface area is 157 Å². The van der Waals surface area contributed by atoms with E-state index >= 15 is 0 Å². The van der Waals surface area contributed by atoms with Crippen molar-refractivity contribution in [3.05, 3.63) is 64.7 Å². The standard InChI is InChI=1S/C21H20N2O4/c1-21(2)18(24)15-9-4-12(11-22)10-16(15)17(19(21)25)23-20(26)13-5-7-14(27-3)8-6-13/h4-10,17,19,25H,1-3H3,(H,23,26). The van der Waals surface area contributed by atoms with Gasteiger partial charge in [-0.3, -0.25) is 9.59 Å². The van der Waals surface area contributed by atoms with Gasteiger partial charge in [0.05, 0.1) is 36.3 Å². The molecule has 2 unspecified atom stereocenters. The SMILES string of the molecule is COc1ccc(C(=O)NC2c3cc(C#N)ccc3C(=O)C(C)(C)C2O)cc1. The molecular formula is C21H20N2O4. The zero-order valence-corrected chi connectivity index (χ0v) is 15.3. The number of nitriles is 1. The minimum absolute atomic E-state index is 0.218. The summed E-state index contributed by atoms with van der Waals surface area (Å²) < 4.78 is 5.09. The Morgan fingerprint density at radius 2 is 1.89 bits per heavy atom. The first-order chi connectivity index (χ1) is 12.8. The number of nitrogens with one attached hydrogen (secondary N) is 1. The molecule has 0 aliphatic heterocycles. The number of ketones is 1. The topological polar surface area (TPSA) is 99.4 Å². The Bertz CT molecular complexity index is 942. The molecule has 6 heteroatoms.